The molecular weight excluding hydrogens is 356 g/mol. The first-order valence-corrected chi connectivity index (χ1v) is 9.78. The van der Waals surface area contributed by atoms with Crippen LogP contribution in [0, 0.1) is 0 Å². The van der Waals surface area contributed by atoms with Crippen molar-refractivity contribution in [1.29, 1.82) is 0 Å². The fraction of sp³-hybridized carbons (Fsp3) is 0.476. The van der Waals surface area contributed by atoms with Gasteiger partial charge in [-0.3, -0.25) is 14.8 Å². The van der Waals surface area contributed by atoms with Crippen molar-refractivity contribution in [3.8, 4) is 0 Å². The highest BCUT2D eigenvalue weighted by Gasteiger charge is 2.40. The molecule has 1 spiro atoms. The first-order valence-electron chi connectivity index (χ1n) is 9.78. The Labute approximate surface area is 165 Å². The summed E-state index contributed by atoms with van der Waals surface area (Å²) in [6.45, 7) is 3.41. The number of ether oxygens (including phenoxy) is 2. The lowest BCUT2D eigenvalue weighted by molar-refractivity contribution is -0.181. The Bertz CT molecular complexity index is 798. The summed E-state index contributed by atoms with van der Waals surface area (Å²) < 4.78 is 11.5. The van der Waals surface area contributed by atoms with E-state index < -0.39 is 5.79 Å². The van der Waals surface area contributed by atoms with Crippen molar-refractivity contribution in [3.05, 3.63) is 54.1 Å². The number of rotatable bonds is 5. The lowest BCUT2D eigenvalue weighted by Crippen LogP contribution is -2.47. The molecule has 28 heavy (non-hydrogen) atoms. The van der Waals surface area contributed by atoms with Crippen LogP contribution in [0.5, 0.6) is 0 Å². The molecule has 2 aromatic rings. The summed E-state index contributed by atoms with van der Waals surface area (Å²) in [6, 6.07) is 5.97. The van der Waals surface area contributed by atoms with E-state index in [1.807, 2.05) is 30.1 Å². The number of piperidine rings is 1. The standard InChI is InChI=1S/C21H26N4O3/c1-24(9-4-17-2-7-22-8-3-17)19-14-18(15-23-16-19)20(26)25-10-5-21(6-11-25)27-12-13-28-21/h2-3,7-8,14-16H,4-6,9-13H2,1H3. The summed E-state index contributed by atoms with van der Waals surface area (Å²) in [6.07, 6.45) is 9.41. The van der Waals surface area contributed by atoms with Gasteiger partial charge in [-0.05, 0) is 30.2 Å². The highest BCUT2D eigenvalue weighted by Crippen LogP contribution is 2.31. The van der Waals surface area contributed by atoms with Crippen molar-refractivity contribution in [1.82, 2.24) is 14.9 Å². The lowest BCUT2D eigenvalue weighted by atomic mass is 10.0. The summed E-state index contributed by atoms with van der Waals surface area (Å²) in [5, 5.41) is 0. The van der Waals surface area contributed by atoms with E-state index in [1.165, 1.54) is 5.56 Å². The van der Waals surface area contributed by atoms with E-state index in [0.29, 0.717) is 31.9 Å². The van der Waals surface area contributed by atoms with Crippen LogP contribution in [0.15, 0.2) is 43.0 Å². The summed E-state index contributed by atoms with van der Waals surface area (Å²) in [5.74, 6) is -0.450. The zero-order valence-electron chi connectivity index (χ0n) is 16.2. The van der Waals surface area contributed by atoms with Crippen LogP contribution in [-0.2, 0) is 15.9 Å². The van der Waals surface area contributed by atoms with Crippen LogP contribution >= 0.6 is 0 Å². The smallest absolute Gasteiger partial charge is 0.255 e. The molecule has 0 N–H and O–H groups in total. The fourth-order valence-corrected chi connectivity index (χ4v) is 3.75. The fourth-order valence-electron chi connectivity index (χ4n) is 3.75. The molecule has 7 nitrogen and oxygen atoms in total. The van der Waals surface area contributed by atoms with Gasteiger partial charge in [-0.2, -0.15) is 0 Å². The Morgan fingerprint density at radius 2 is 1.86 bits per heavy atom. The number of likely N-dealkylation sites (tertiary alicyclic amines) is 1. The van der Waals surface area contributed by atoms with Crippen molar-refractivity contribution >= 4 is 11.6 Å². The second-order valence-electron chi connectivity index (χ2n) is 7.36. The number of carbonyl (C=O) groups excluding carboxylic acids is 1. The van der Waals surface area contributed by atoms with Gasteiger partial charge in [0, 0.05) is 58.1 Å². The average Bonchev–Trinajstić information content (AvgIpc) is 3.21. The minimum absolute atomic E-state index is 0.0183. The zero-order valence-corrected chi connectivity index (χ0v) is 16.2. The summed E-state index contributed by atoms with van der Waals surface area (Å²) in [7, 11) is 2.02. The third kappa shape index (κ3) is 4.15. The van der Waals surface area contributed by atoms with E-state index in [2.05, 4.69) is 14.9 Å². The van der Waals surface area contributed by atoms with Gasteiger partial charge in [0.05, 0.1) is 30.7 Å². The molecule has 7 heteroatoms. The van der Waals surface area contributed by atoms with Crippen LogP contribution in [0.1, 0.15) is 28.8 Å². The van der Waals surface area contributed by atoms with Crippen LogP contribution in [0.2, 0.25) is 0 Å². The quantitative estimate of drug-likeness (QED) is 0.789. The molecule has 2 fully saturated rings. The molecule has 148 valence electrons. The second kappa shape index (κ2) is 8.24. The number of hydrogen-bond donors (Lipinski definition) is 0. The third-order valence-electron chi connectivity index (χ3n) is 5.52. The van der Waals surface area contributed by atoms with Gasteiger partial charge >= 0.3 is 0 Å². The van der Waals surface area contributed by atoms with E-state index >= 15 is 0 Å². The van der Waals surface area contributed by atoms with Crippen molar-refractivity contribution in [2.24, 2.45) is 0 Å². The Kier molecular flexibility index (Phi) is 5.54. The Balaban J connectivity index is 1.37. The lowest BCUT2D eigenvalue weighted by Gasteiger charge is -2.37. The van der Waals surface area contributed by atoms with Crippen LogP contribution in [-0.4, -0.2) is 66.5 Å². The topological polar surface area (TPSA) is 67.8 Å². The van der Waals surface area contributed by atoms with E-state index in [1.54, 1.807) is 24.8 Å². The number of amides is 1. The molecule has 0 radical (unpaired) electrons. The maximum absolute atomic E-state index is 12.9. The number of carbonyl (C=O) groups is 1. The molecule has 0 saturated carbocycles. The number of nitrogens with zero attached hydrogens (tertiary/aromatic N) is 4. The van der Waals surface area contributed by atoms with Gasteiger partial charge in [0.2, 0.25) is 0 Å². The number of anilines is 1. The molecule has 2 saturated heterocycles. The van der Waals surface area contributed by atoms with E-state index in [4.69, 9.17) is 9.47 Å². The Hall–Kier alpha value is -2.51. The maximum atomic E-state index is 12.9. The first kappa shape index (κ1) is 18.8. The van der Waals surface area contributed by atoms with E-state index in [0.717, 1.165) is 31.5 Å². The summed E-state index contributed by atoms with van der Waals surface area (Å²) in [5.41, 5.74) is 2.80. The molecule has 4 rings (SSSR count). The van der Waals surface area contributed by atoms with Gasteiger partial charge in [-0.1, -0.05) is 0 Å². The summed E-state index contributed by atoms with van der Waals surface area (Å²) >= 11 is 0. The van der Waals surface area contributed by atoms with Gasteiger partial charge in [0.15, 0.2) is 5.79 Å². The van der Waals surface area contributed by atoms with Crippen molar-refractivity contribution < 1.29 is 14.3 Å². The van der Waals surface area contributed by atoms with Gasteiger partial charge < -0.3 is 19.3 Å². The Morgan fingerprint density at radius 1 is 1.14 bits per heavy atom. The van der Waals surface area contributed by atoms with Gasteiger partial charge in [0.25, 0.3) is 5.91 Å². The van der Waals surface area contributed by atoms with Crippen LogP contribution in [0.4, 0.5) is 5.69 Å². The van der Waals surface area contributed by atoms with Crippen LogP contribution in [0.3, 0.4) is 0 Å². The van der Waals surface area contributed by atoms with Gasteiger partial charge in [-0.15, -0.1) is 0 Å². The van der Waals surface area contributed by atoms with Gasteiger partial charge in [0.1, 0.15) is 0 Å². The molecule has 0 bridgehead atoms. The predicted octanol–water partition coefficient (Wildman–Crippen LogP) is 2.13. The Morgan fingerprint density at radius 3 is 2.57 bits per heavy atom. The normalized spacial score (nSPS) is 18.4. The number of likely N-dealkylation sites (N-methyl/N-ethyl adjacent to an activating group) is 1. The van der Waals surface area contributed by atoms with Crippen molar-refractivity contribution in [3.63, 3.8) is 0 Å². The van der Waals surface area contributed by atoms with Crippen LogP contribution in [0.25, 0.3) is 0 Å². The largest absolute Gasteiger partial charge is 0.373 e. The number of hydrogen-bond acceptors (Lipinski definition) is 6. The molecule has 2 aliphatic rings. The number of pyridine rings is 2. The molecule has 1 amide bonds. The van der Waals surface area contributed by atoms with Crippen molar-refractivity contribution in [2.45, 2.75) is 25.0 Å². The zero-order chi connectivity index (χ0) is 19.4. The monoisotopic (exact) mass is 382 g/mol. The van der Waals surface area contributed by atoms with Crippen LogP contribution < -0.4 is 4.90 Å². The third-order valence-corrected chi connectivity index (χ3v) is 5.52. The molecule has 4 heterocycles. The molecular formula is C21H26N4O3. The summed E-state index contributed by atoms with van der Waals surface area (Å²) in [4.78, 5) is 25.3. The molecule has 2 aromatic heterocycles. The second-order valence-corrected chi connectivity index (χ2v) is 7.36. The molecule has 0 atom stereocenters. The van der Waals surface area contributed by atoms with Gasteiger partial charge in [-0.25, -0.2) is 0 Å². The van der Waals surface area contributed by atoms with E-state index in [9.17, 15) is 4.79 Å². The predicted molar refractivity (Wildman–Crippen MR) is 105 cm³/mol. The average molecular weight is 382 g/mol. The van der Waals surface area contributed by atoms with Crippen molar-refractivity contribution in [2.75, 3.05) is 44.8 Å². The SMILES string of the molecule is CN(CCc1ccncc1)c1cncc(C(=O)N2CCC3(CC2)OCCO3)c1. The molecule has 2 aliphatic heterocycles. The highest BCUT2D eigenvalue weighted by molar-refractivity contribution is 5.94. The molecule has 0 aromatic carbocycles. The maximum Gasteiger partial charge on any atom is 0.255 e. The first-order chi connectivity index (χ1) is 13.7. The minimum Gasteiger partial charge on any atom is -0.373 e. The minimum atomic E-state index is -0.468. The number of aromatic nitrogens is 2. The van der Waals surface area contributed by atoms with E-state index in [-0.39, 0.29) is 5.91 Å². The highest BCUT2D eigenvalue weighted by atomic mass is 16.7. The molecule has 0 unspecified atom stereocenters. The molecule has 0 aliphatic carbocycles.